The largest absolute Gasteiger partial charge is 0.496 e. The maximum absolute atomic E-state index is 6.26. The minimum absolute atomic E-state index is 0.582. The number of ether oxygens (including phenoxy) is 1. The molecule has 2 N–H and O–H groups in total. The maximum Gasteiger partial charge on any atom is 0.174 e. The standard InChI is InChI=1S/C12H13ClN2OS/c1-6-4-9(16-3)10(7(2)11(6)13)8-5-14-12(17)15-8/h4-5H,1-3H3,(H2,14,15,17). The third-order valence-corrected chi connectivity index (χ3v) is 3.53. The number of nitrogens with one attached hydrogen (secondary N) is 2. The van der Waals surface area contributed by atoms with Crippen molar-refractivity contribution < 1.29 is 4.74 Å². The molecule has 2 aromatic rings. The van der Waals surface area contributed by atoms with Crippen LogP contribution in [0.5, 0.6) is 5.75 Å². The highest BCUT2D eigenvalue weighted by Crippen LogP contribution is 2.37. The van der Waals surface area contributed by atoms with E-state index in [0.29, 0.717) is 4.77 Å². The number of aryl methyl sites for hydroxylation is 1. The lowest BCUT2D eigenvalue weighted by atomic mass is 10.0. The monoisotopic (exact) mass is 268 g/mol. The Morgan fingerprint density at radius 3 is 2.59 bits per heavy atom. The third-order valence-electron chi connectivity index (χ3n) is 2.73. The molecule has 0 amide bonds. The molecule has 0 bridgehead atoms. The number of rotatable bonds is 2. The van der Waals surface area contributed by atoms with Crippen molar-refractivity contribution in [2.45, 2.75) is 13.8 Å². The predicted octanol–water partition coefficient (Wildman–Crippen LogP) is 4.02. The van der Waals surface area contributed by atoms with Crippen molar-refractivity contribution in [2.75, 3.05) is 7.11 Å². The van der Waals surface area contributed by atoms with E-state index in [9.17, 15) is 0 Å². The fourth-order valence-corrected chi connectivity index (χ4v) is 2.20. The number of methoxy groups -OCH3 is 1. The average molecular weight is 269 g/mol. The molecule has 0 saturated carbocycles. The molecule has 5 heteroatoms. The molecule has 0 aliphatic carbocycles. The number of aromatic nitrogens is 2. The summed E-state index contributed by atoms with van der Waals surface area (Å²) in [5.41, 5.74) is 3.80. The van der Waals surface area contributed by atoms with E-state index < -0.39 is 0 Å². The van der Waals surface area contributed by atoms with Gasteiger partial charge in [0, 0.05) is 16.8 Å². The summed E-state index contributed by atoms with van der Waals surface area (Å²) >= 11 is 11.3. The molecule has 2 rings (SSSR count). The van der Waals surface area contributed by atoms with Crippen molar-refractivity contribution in [1.29, 1.82) is 0 Å². The van der Waals surface area contributed by atoms with Crippen LogP contribution >= 0.6 is 23.8 Å². The number of H-pyrrole nitrogens is 2. The summed E-state index contributed by atoms with van der Waals surface area (Å²) in [4.78, 5) is 6.02. The fourth-order valence-electron chi connectivity index (χ4n) is 1.89. The van der Waals surface area contributed by atoms with Gasteiger partial charge in [-0.2, -0.15) is 0 Å². The van der Waals surface area contributed by atoms with Gasteiger partial charge in [-0.1, -0.05) is 11.6 Å². The van der Waals surface area contributed by atoms with Gasteiger partial charge in [-0.15, -0.1) is 0 Å². The van der Waals surface area contributed by atoms with Crippen LogP contribution in [0.3, 0.4) is 0 Å². The van der Waals surface area contributed by atoms with Crippen LogP contribution in [-0.2, 0) is 0 Å². The smallest absolute Gasteiger partial charge is 0.174 e. The van der Waals surface area contributed by atoms with Crippen LogP contribution in [0, 0.1) is 18.6 Å². The van der Waals surface area contributed by atoms with Gasteiger partial charge in [-0.3, -0.25) is 0 Å². The molecule has 1 heterocycles. The first-order valence-electron chi connectivity index (χ1n) is 5.16. The molecule has 0 atom stereocenters. The molecule has 0 radical (unpaired) electrons. The lowest BCUT2D eigenvalue weighted by Crippen LogP contribution is -1.94. The van der Waals surface area contributed by atoms with E-state index in [2.05, 4.69) is 9.97 Å². The second-order valence-electron chi connectivity index (χ2n) is 3.87. The van der Waals surface area contributed by atoms with Gasteiger partial charge in [0.25, 0.3) is 0 Å². The van der Waals surface area contributed by atoms with Crippen LogP contribution in [0.1, 0.15) is 11.1 Å². The maximum atomic E-state index is 6.26. The van der Waals surface area contributed by atoms with Crippen LogP contribution in [-0.4, -0.2) is 17.1 Å². The van der Waals surface area contributed by atoms with E-state index >= 15 is 0 Å². The first-order chi connectivity index (χ1) is 8.04. The van der Waals surface area contributed by atoms with E-state index in [1.807, 2.05) is 26.1 Å². The van der Waals surface area contributed by atoms with Crippen molar-refractivity contribution in [1.82, 2.24) is 9.97 Å². The highest BCUT2D eigenvalue weighted by atomic mass is 35.5. The van der Waals surface area contributed by atoms with E-state index in [1.165, 1.54) is 0 Å². The summed E-state index contributed by atoms with van der Waals surface area (Å²) < 4.78 is 5.98. The van der Waals surface area contributed by atoms with Gasteiger partial charge < -0.3 is 14.7 Å². The zero-order chi connectivity index (χ0) is 12.6. The third kappa shape index (κ3) is 2.10. The molecule has 0 fully saturated rings. The van der Waals surface area contributed by atoms with E-state index in [-0.39, 0.29) is 0 Å². The Kier molecular flexibility index (Phi) is 3.26. The van der Waals surface area contributed by atoms with Crippen LogP contribution in [0.15, 0.2) is 12.3 Å². The second-order valence-corrected chi connectivity index (χ2v) is 4.65. The van der Waals surface area contributed by atoms with Crippen LogP contribution in [0.25, 0.3) is 11.3 Å². The van der Waals surface area contributed by atoms with Crippen molar-refractivity contribution in [3.63, 3.8) is 0 Å². The average Bonchev–Trinajstić information content (AvgIpc) is 2.71. The van der Waals surface area contributed by atoms with Crippen LogP contribution < -0.4 is 4.74 Å². The predicted molar refractivity (Wildman–Crippen MR) is 72.4 cm³/mol. The van der Waals surface area contributed by atoms with Crippen molar-refractivity contribution in [3.8, 4) is 17.0 Å². The summed E-state index contributed by atoms with van der Waals surface area (Å²) in [7, 11) is 1.65. The lowest BCUT2D eigenvalue weighted by molar-refractivity contribution is 0.415. The van der Waals surface area contributed by atoms with E-state index in [1.54, 1.807) is 7.11 Å². The Morgan fingerprint density at radius 1 is 1.35 bits per heavy atom. The summed E-state index contributed by atoms with van der Waals surface area (Å²) in [5.74, 6) is 0.787. The summed E-state index contributed by atoms with van der Waals surface area (Å²) in [6.07, 6.45) is 1.82. The molecule has 3 nitrogen and oxygen atoms in total. The van der Waals surface area contributed by atoms with Crippen molar-refractivity contribution >= 4 is 23.8 Å². The lowest BCUT2D eigenvalue weighted by Gasteiger charge is -2.13. The number of benzene rings is 1. The van der Waals surface area contributed by atoms with E-state index in [0.717, 1.165) is 33.2 Å². The molecular formula is C12H13ClN2OS. The number of aromatic amines is 2. The Labute approximate surface area is 110 Å². The van der Waals surface area contributed by atoms with Gasteiger partial charge in [0.15, 0.2) is 4.77 Å². The molecule has 0 aliphatic heterocycles. The van der Waals surface area contributed by atoms with Crippen molar-refractivity contribution in [3.05, 3.63) is 33.2 Å². The van der Waals surface area contributed by atoms with E-state index in [4.69, 9.17) is 28.6 Å². The Balaban J connectivity index is 2.75. The topological polar surface area (TPSA) is 40.8 Å². The molecule has 0 unspecified atom stereocenters. The highest BCUT2D eigenvalue weighted by Gasteiger charge is 2.15. The van der Waals surface area contributed by atoms with Crippen LogP contribution in [0.4, 0.5) is 0 Å². The van der Waals surface area contributed by atoms with Crippen molar-refractivity contribution in [2.24, 2.45) is 0 Å². The minimum atomic E-state index is 0.582. The SMILES string of the molecule is COc1cc(C)c(Cl)c(C)c1-c1c[nH]c(=S)[nH]1. The molecule has 1 aromatic carbocycles. The first-order valence-corrected chi connectivity index (χ1v) is 5.95. The normalized spacial score (nSPS) is 10.6. The minimum Gasteiger partial charge on any atom is -0.496 e. The van der Waals surface area contributed by atoms with Gasteiger partial charge in [-0.05, 0) is 43.3 Å². The zero-order valence-corrected chi connectivity index (χ0v) is 11.4. The molecular weight excluding hydrogens is 256 g/mol. The number of hydrogen-bond acceptors (Lipinski definition) is 2. The molecule has 0 aliphatic rings. The van der Waals surface area contributed by atoms with Gasteiger partial charge >= 0.3 is 0 Å². The van der Waals surface area contributed by atoms with Gasteiger partial charge in [0.05, 0.1) is 12.8 Å². The summed E-state index contributed by atoms with van der Waals surface area (Å²) in [5, 5.41) is 0.751. The molecule has 1 aromatic heterocycles. The number of imidazole rings is 1. The Hall–Kier alpha value is -1.26. The first kappa shape index (κ1) is 12.2. The molecule has 90 valence electrons. The van der Waals surface area contributed by atoms with Gasteiger partial charge in [0.1, 0.15) is 5.75 Å². The Morgan fingerprint density at radius 2 is 2.06 bits per heavy atom. The highest BCUT2D eigenvalue weighted by molar-refractivity contribution is 7.71. The molecule has 17 heavy (non-hydrogen) atoms. The molecule has 0 spiro atoms. The van der Waals surface area contributed by atoms with Crippen LogP contribution in [0.2, 0.25) is 5.02 Å². The van der Waals surface area contributed by atoms with Gasteiger partial charge in [-0.25, -0.2) is 0 Å². The molecule has 0 saturated heterocycles. The second kappa shape index (κ2) is 4.55. The summed E-state index contributed by atoms with van der Waals surface area (Å²) in [6.45, 7) is 3.93. The van der Waals surface area contributed by atoms with Gasteiger partial charge in [0.2, 0.25) is 0 Å². The number of hydrogen-bond donors (Lipinski definition) is 2. The fraction of sp³-hybridized carbons (Fsp3) is 0.250. The number of halogens is 1. The quantitative estimate of drug-likeness (QED) is 0.808. The Bertz CT molecular complexity index is 615. The zero-order valence-electron chi connectivity index (χ0n) is 9.85. The summed E-state index contributed by atoms with van der Waals surface area (Å²) in [6, 6.07) is 1.93.